The molecule has 0 aromatic heterocycles. The maximum absolute atomic E-state index is 14.8. The predicted octanol–water partition coefficient (Wildman–Crippen LogP) is 2.15. The molecule has 7 amide bonds. The molecule has 13 heteroatoms. The molecule has 52 heavy (non-hydrogen) atoms. The summed E-state index contributed by atoms with van der Waals surface area (Å²) in [7, 11) is 0. The lowest BCUT2D eigenvalue weighted by Gasteiger charge is -2.38. The van der Waals surface area contributed by atoms with E-state index in [1.807, 2.05) is 45.0 Å². The number of carbonyl (C=O) groups is 6. The van der Waals surface area contributed by atoms with Crippen LogP contribution in [0.25, 0.3) is 0 Å². The Bertz CT molecular complexity index is 1590. The van der Waals surface area contributed by atoms with Gasteiger partial charge in [-0.3, -0.25) is 19.2 Å². The van der Waals surface area contributed by atoms with Gasteiger partial charge in [-0.15, -0.1) is 6.58 Å². The van der Waals surface area contributed by atoms with E-state index < -0.39 is 53.2 Å². The predicted molar refractivity (Wildman–Crippen MR) is 195 cm³/mol. The Labute approximate surface area is 306 Å². The summed E-state index contributed by atoms with van der Waals surface area (Å²) >= 11 is 0. The molecular weight excluding hydrogens is 662 g/mol. The van der Waals surface area contributed by atoms with E-state index in [9.17, 15) is 28.8 Å². The minimum atomic E-state index is -0.976. The molecule has 2 saturated carbocycles. The lowest BCUT2D eigenvalue weighted by molar-refractivity contribution is -0.144. The number of nitrogens with zero attached hydrogens (tertiary/aromatic N) is 2. The molecule has 1 aromatic rings. The Hall–Kier alpha value is -4.42. The van der Waals surface area contributed by atoms with Gasteiger partial charge < -0.3 is 36.4 Å². The number of fused-ring (bicyclic) bond motifs is 2. The number of hydrogen-bond donors (Lipinski definition) is 5. The third-order valence-electron chi connectivity index (χ3n) is 12.1. The van der Waals surface area contributed by atoms with Gasteiger partial charge in [-0.2, -0.15) is 0 Å². The van der Waals surface area contributed by atoms with Gasteiger partial charge in [-0.1, -0.05) is 65.0 Å². The molecule has 13 nitrogen and oxygen atoms in total. The summed E-state index contributed by atoms with van der Waals surface area (Å²) in [5.74, 6) is -2.69. The van der Waals surface area contributed by atoms with Gasteiger partial charge in [0.25, 0.3) is 5.91 Å². The van der Waals surface area contributed by atoms with E-state index in [1.165, 1.54) is 6.08 Å². The van der Waals surface area contributed by atoms with Crippen molar-refractivity contribution in [2.45, 2.75) is 90.9 Å². The van der Waals surface area contributed by atoms with Crippen LogP contribution in [0, 0.1) is 34.5 Å². The van der Waals surface area contributed by atoms with Gasteiger partial charge >= 0.3 is 12.1 Å². The van der Waals surface area contributed by atoms with Crippen molar-refractivity contribution < 1.29 is 28.8 Å². The van der Waals surface area contributed by atoms with Crippen molar-refractivity contribution in [3.63, 3.8) is 0 Å². The first-order valence-electron chi connectivity index (χ1n) is 18.8. The number of nitrogens with one attached hydrogen (secondary N) is 5. The second-order valence-electron chi connectivity index (χ2n) is 17.1. The summed E-state index contributed by atoms with van der Waals surface area (Å²) < 4.78 is 0. The standard InChI is InChI=1S/C39H55N7O6/c1-7-15-40-34(49)32(47)29(22-13-14-22)43-33(48)31-28-26(39(28,5)6)20-46(31)35(50)30(25-18-23-11-8-9-12-24(23)19-25)44-36(51)42-27(38(2,3)4)21-45-17-10-16-41-37(45)52/h7-9,11-12,22,25-31H,1,10,13-21H2,2-6H3,(H,40,49)(H,41,52)(H,43,48)(H2,42,44,51)/t26-,27+,28-,29?,30-,31-/m0/s1. The zero-order valence-corrected chi connectivity index (χ0v) is 31.1. The maximum Gasteiger partial charge on any atom is 0.317 e. The number of piperidine rings is 1. The van der Waals surface area contributed by atoms with Crippen molar-refractivity contribution in [2.75, 3.05) is 32.7 Å². The second kappa shape index (κ2) is 14.5. The number of carbonyl (C=O) groups excluding carboxylic acids is 6. The van der Waals surface area contributed by atoms with E-state index in [1.54, 1.807) is 9.80 Å². The lowest BCUT2D eigenvalue weighted by atomic mass is 9.86. The smallest absolute Gasteiger partial charge is 0.317 e. The number of Topliss-reactive ketones (excluding diaryl/α,β-unsaturated/α-hetero) is 1. The monoisotopic (exact) mass is 717 g/mol. The molecule has 2 saturated heterocycles. The maximum atomic E-state index is 14.8. The molecule has 2 heterocycles. The fourth-order valence-electron chi connectivity index (χ4n) is 8.61. The Morgan fingerprint density at radius 2 is 1.67 bits per heavy atom. The van der Waals surface area contributed by atoms with Crippen LogP contribution in [-0.2, 0) is 32.0 Å². The summed E-state index contributed by atoms with van der Waals surface area (Å²) in [6, 6.07) is 4.16. The first-order valence-corrected chi connectivity index (χ1v) is 18.8. The van der Waals surface area contributed by atoms with E-state index in [2.05, 4.69) is 47.0 Å². The summed E-state index contributed by atoms with van der Waals surface area (Å²) in [5.41, 5.74) is 1.65. The average Bonchev–Trinajstić information content (AvgIpc) is 3.89. The summed E-state index contributed by atoms with van der Waals surface area (Å²) in [6.45, 7) is 15.8. The molecule has 4 fully saturated rings. The molecule has 0 radical (unpaired) electrons. The summed E-state index contributed by atoms with van der Waals surface area (Å²) in [6.07, 6.45) is 4.91. The Morgan fingerprint density at radius 3 is 2.27 bits per heavy atom. The largest absolute Gasteiger partial charge is 0.346 e. The van der Waals surface area contributed by atoms with E-state index in [0.29, 0.717) is 39.0 Å². The number of likely N-dealkylation sites (tertiary alicyclic amines) is 1. The van der Waals surface area contributed by atoms with Crippen LogP contribution in [0.5, 0.6) is 0 Å². The molecule has 6 atom stereocenters. The molecule has 0 spiro atoms. The molecule has 282 valence electrons. The van der Waals surface area contributed by atoms with Crippen molar-refractivity contribution in [3.8, 4) is 0 Å². The van der Waals surface area contributed by atoms with Crippen LogP contribution in [0.4, 0.5) is 9.59 Å². The Balaban J connectivity index is 1.23. The highest BCUT2D eigenvalue weighted by molar-refractivity contribution is 6.38. The number of ketones is 1. The van der Waals surface area contributed by atoms with Crippen LogP contribution in [-0.4, -0.2) is 102 Å². The van der Waals surface area contributed by atoms with Crippen molar-refractivity contribution in [2.24, 2.45) is 34.5 Å². The van der Waals surface area contributed by atoms with Gasteiger partial charge in [-0.25, -0.2) is 9.59 Å². The van der Waals surface area contributed by atoms with E-state index in [-0.39, 0.29) is 47.6 Å². The summed E-state index contributed by atoms with van der Waals surface area (Å²) in [5, 5.41) is 14.4. The zero-order valence-electron chi connectivity index (χ0n) is 31.1. The van der Waals surface area contributed by atoms with E-state index >= 15 is 0 Å². The van der Waals surface area contributed by atoms with Crippen LogP contribution in [0.15, 0.2) is 36.9 Å². The SMILES string of the molecule is C=CCNC(=O)C(=O)C(NC(=O)[C@@H]1[C@@H]2[C@H](CN1C(=O)[C@@H](NC(=O)N[C@H](CN1CCCNC1=O)C(C)(C)C)C1Cc3ccccc3C1)C2(C)C)C1CC1. The van der Waals surface area contributed by atoms with Crippen LogP contribution in [0.2, 0.25) is 0 Å². The van der Waals surface area contributed by atoms with Gasteiger partial charge in [0, 0.05) is 32.7 Å². The van der Waals surface area contributed by atoms with Crippen LogP contribution in [0.3, 0.4) is 0 Å². The highest BCUT2D eigenvalue weighted by Crippen LogP contribution is 2.65. The molecule has 2 aliphatic heterocycles. The molecule has 6 rings (SSSR count). The van der Waals surface area contributed by atoms with Gasteiger partial charge in [0.2, 0.25) is 17.6 Å². The number of hydrogen-bond acceptors (Lipinski definition) is 6. The van der Waals surface area contributed by atoms with Crippen molar-refractivity contribution >= 4 is 35.6 Å². The first kappa shape index (κ1) is 37.3. The molecule has 3 aliphatic carbocycles. The molecule has 5 N–H and O–H groups in total. The van der Waals surface area contributed by atoms with Crippen molar-refractivity contribution in [1.29, 1.82) is 0 Å². The minimum absolute atomic E-state index is 0.0781. The Morgan fingerprint density at radius 1 is 1.00 bits per heavy atom. The van der Waals surface area contributed by atoms with Gasteiger partial charge in [0.15, 0.2) is 0 Å². The average molecular weight is 718 g/mol. The molecule has 0 bridgehead atoms. The highest BCUT2D eigenvalue weighted by atomic mass is 16.2. The quantitative estimate of drug-likeness (QED) is 0.155. The molecule has 5 aliphatic rings. The molecular formula is C39H55N7O6. The normalized spacial score (nSPS) is 25.1. The van der Waals surface area contributed by atoms with Crippen LogP contribution in [0.1, 0.15) is 65.0 Å². The number of benzene rings is 1. The zero-order chi connectivity index (χ0) is 37.5. The summed E-state index contributed by atoms with van der Waals surface area (Å²) in [4.78, 5) is 84.8. The van der Waals surface area contributed by atoms with E-state index in [4.69, 9.17) is 0 Å². The van der Waals surface area contributed by atoms with Crippen molar-refractivity contribution in [3.05, 3.63) is 48.0 Å². The fourth-order valence-corrected chi connectivity index (χ4v) is 8.61. The number of rotatable bonds is 13. The highest BCUT2D eigenvalue weighted by Gasteiger charge is 2.70. The third-order valence-corrected chi connectivity index (χ3v) is 12.1. The Kier molecular flexibility index (Phi) is 10.4. The van der Waals surface area contributed by atoms with Gasteiger partial charge in [-0.05, 0) is 77.7 Å². The lowest BCUT2D eigenvalue weighted by Crippen LogP contribution is -2.62. The van der Waals surface area contributed by atoms with Gasteiger partial charge in [0.1, 0.15) is 18.1 Å². The minimum Gasteiger partial charge on any atom is -0.346 e. The topological polar surface area (TPSA) is 169 Å². The van der Waals surface area contributed by atoms with E-state index in [0.717, 1.165) is 30.4 Å². The van der Waals surface area contributed by atoms with Crippen LogP contribution >= 0.6 is 0 Å². The second-order valence-corrected chi connectivity index (χ2v) is 17.1. The molecule has 1 unspecified atom stereocenters. The number of amides is 7. The molecule has 1 aromatic carbocycles. The third kappa shape index (κ3) is 7.68. The van der Waals surface area contributed by atoms with Crippen molar-refractivity contribution in [1.82, 2.24) is 36.4 Å². The fraction of sp³-hybridized carbons (Fsp3) is 0.641. The van der Waals surface area contributed by atoms with Crippen LogP contribution < -0.4 is 26.6 Å². The number of urea groups is 2. The first-order chi connectivity index (χ1) is 24.6. The van der Waals surface area contributed by atoms with Gasteiger partial charge in [0.05, 0.1) is 6.04 Å².